The number of rotatable bonds is 3. The zero-order valence-electron chi connectivity index (χ0n) is 9.67. The van der Waals surface area contributed by atoms with Crippen molar-refractivity contribution in [3.63, 3.8) is 0 Å². The van der Waals surface area contributed by atoms with Crippen LogP contribution in [0.4, 0.5) is 0 Å². The molecule has 1 aliphatic rings. The molecule has 17 heavy (non-hydrogen) atoms. The first-order chi connectivity index (χ1) is 8.14. The Balaban J connectivity index is 2.23. The van der Waals surface area contributed by atoms with E-state index in [0.717, 1.165) is 0 Å². The van der Waals surface area contributed by atoms with E-state index in [1.54, 1.807) is 31.4 Å². The van der Waals surface area contributed by atoms with Crippen molar-refractivity contribution < 1.29 is 13.2 Å². The molecular weight excluding hydrogens is 240 g/mol. The third-order valence-corrected chi connectivity index (χ3v) is 4.63. The molecule has 1 aliphatic heterocycles. The Morgan fingerprint density at radius 1 is 1.18 bits per heavy atom. The first-order valence-corrected chi connectivity index (χ1v) is 6.86. The van der Waals surface area contributed by atoms with Gasteiger partial charge in [0, 0.05) is 26.2 Å². The summed E-state index contributed by atoms with van der Waals surface area (Å²) in [7, 11) is -1.82. The first-order valence-electron chi connectivity index (χ1n) is 5.42. The number of hydrogen-bond acceptors (Lipinski definition) is 3. The van der Waals surface area contributed by atoms with Crippen LogP contribution < -0.4 is 10.1 Å². The standard InChI is InChI=1S/C11H15N2O3S/c1-16-10-2-4-11(5-3-10)17(14,15)13-8-6-12-7-9-13/h2-5H,6-9H2,1H3. The van der Waals surface area contributed by atoms with Gasteiger partial charge in [0.2, 0.25) is 10.0 Å². The lowest BCUT2D eigenvalue weighted by Crippen LogP contribution is -2.43. The number of methoxy groups -OCH3 is 1. The number of piperazine rings is 1. The van der Waals surface area contributed by atoms with E-state index in [1.165, 1.54) is 4.31 Å². The molecule has 0 saturated carbocycles. The van der Waals surface area contributed by atoms with Gasteiger partial charge in [-0.2, -0.15) is 4.31 Å². The Morgan fingerprint density at radius 3 is 2.29 bits per heavy atom. The Kier molecular flexibility index (Phi) is 3.66. The number of sulfonamides is 1. The van der Waals surface area contributed by atoms with Crippen molar-refractivity contribution >= 4 is 10.0 Å². The molecule has 1 radical (unpaired) electrons. The van der Waals surface area contributed by atoms with Gasteiger partial charge in [0.15, 0.2) is 0 Å². The SMILES string of the molecule is COc1ccc(S(=O)(=O)N2CC[N]CC2)cc1. The molecule has 0 unspecified atom stereocenters. The van der Waals surface area contributed by atoms with Gasteiger partial charge in [0.25, 0.3) is 0 Å². The zero-order valence-corrected chi connectivity index (χ0v) is 10.5. The number of hydrogen-bond donors (Lipinski definition) is 0. The summed E-state index contributed by atoms with van der Waals surface area (Å²) in [6.45, 7) is 2.09. The van der Waals surface area contributed by atoms with Crippen LogP contribution in [0.1, 0.15) is 0 Å². The molecule has 0 aliphatic carbocycles. The van der Waals surface area contributed by atoms with E-state index in [0.29, 0.717) is 36.8 Å². The Bertz CT molecular complexity index is 464. The fourth-order valence-electron chi connectivity index (χ4n) is 1.73. The smallest absolute Gasteiger partial charge is 0.243 e. The summed E-state index contributed by atoms with van der Waals surface area (Å²) in [6, 6.07) is 6.45. The van der Waals surface area contributed by atoms with Crippen molar-refractivity contribution in [3.05, 3.63) is 24.3 Å². The van der Waals surface area contributed by atoms with Crippen molar-refractivity contribution in [2.45, 2.75) is 4.90 Å². The summed E-state index contributed by atoms with van der Waals surface area (Å²) in [5, 5.41) is 4.14. The minimum absolute atomic E-state index is 0.306. The van der Waals surface area contributed by atoms with Crippen molar-refractivity contribution in [3.8, 4) is 5.75 Å². The molecular formula is C11H15N2O3S. The summed E-state index contributed by atoms with van der Waals surface area (Å²) in [5.74, 6) is 0.651. The van der Waals surface area contributed by atoms with Gasteiger partial charge >= 0.3 is 0 Å². The average Bonchev–Trinajstić information content (AvgIpc) is 2.40. The van der Waals surface area contributed by atoms with Crippen molar-refractivity contribution in [1.29, 1.82) is 0 Å². The average molecular weight is 255 g/mol. The van der Waals surface area contributed by atoms with Crippen LogP contribution in [-0.2, 0) is 10.0 Å². The van der Waals surface area contributed by atoms with Gasteiger partial charge in [0.1, 0.15) is 5.75 Å². The maximum Gasteiger partial charge on any atom is 0.243 e. The fraction of sp³-hybridized carbons (Fsp3) is 0.455. The molecule has 0 spiro atoms. The molecule has 0 amide bonds. The van der Waals surface area contributed by atoms with Gasteiger partial charge in [-0.25, -0.2) is 13.7 Å². The van der Waals surface area contributed by atoms with Gasteiger partial charge < -0.3 is 4.74 Å². The van der Waals surface area contributed by atoms with Crippen LogP contribution in [0.25, 0.3) is 0 Å². The summed E-state index contributed by atoms with van der Waals surface area (Å²) >= 11 is 0. The van der Waals surface area contributed by atoms with Crippen LogP contribution in [-0.4, -0.2) is 46.0 Å². The number of benzene rings is 1. The van der Waals surface area contributed by atoms with Crippen LogP contribution in [0.15, 0.2) is 29.2 Å². The predicted molar refractivity (Wildman–Crippen MR) is 63.6 cm³/mol. The lowest BCUT2D eigenvalue weighted by atomic mass is 10.3. The molecule has 93 valence electrons. The molecule has 6 heteroatoms. The molecule has 1 heterocycles. The van der Waals surface area contributed by atoms with E-state index in [2.05, 4.69) is 5.32 Å². The lowest BCUT2D eigenvalue weighted by molar-refractivity contribution is 0.356. The van der Waals surface area contributed by atoms with Crippen molar-refractivity contribution in [1.82, 2.24) is 9.62 Å². The van der Waals surface area contributed by atoms with Gasteiger partial charge in [-0.1, -0.05) is 0 Å². The van der Waals surface area contributed by atoms with E-state index >= 15 is 0 Å². The van der Waals surface area contributed by atoms with Crippen LogP contribution in [0.2, 0.25) is 0 Å². The Hall–Kier alpha value is -1.11. The normalized spacial score (nSPS) is 17.9. The quantitative estimate of drug-likeness (QED) is 0.780. The largest absolute Gasteiger partial charge is 0.497 e. The minimum atomic E-state index is -3.37. The summed E-state index contributed by atoms with van der Waals surface area (Å²) < 4.78 is 30.9. The van der Waals surface area contributed by atoms with E-state index in [1.807, 2.05) is 0 Å². The zero-order chi connectivity index (χ0) is 12.3. The van der Waals surface area contributed by atoms with E-state index in [-0.39, 0.29) is 0 Å². The molecule has 1 saturated heterocycles. The lowest BCUT2D eigenvalue weighted by Gasteiger charge is -2.25. The molecule has 2 rings (SSSR count). The van der Waals surface area contributed by atoms with Crippen LogP contribution >= 0.6 is 0 Å². The van der Waals surface area contributed by atoms with Crippen molar-refractivity contribution in [2.75, 3.05) is 33.3 Å². The van der Waals surface area contributed by atoms with Gasteiger partial charge in [-0.3, -0.25) is 0 Å². The molecule has 0 bridgehead atoms. The molecule has 0 aromatic heterocycles. The molecule has 1 aromatic carbocycles. The second-order valence-electron chi connectivity index (χ2n) is 3.75. The minimum Gasteiger partial charge on any atom is -0.497 e. The van der Waals surface area contributed by atoms with E-state index < -0.39 is 10.0 Å². The fourth-order valence-corrected chi connectivity index (χ4v) is 3.15. The summed E-state index contributed by atoms with van der Waals surface area (Å²) in [4.78, 5) is 0.306. The molecule has 0 atom stereocenters. The summed E-state index contributed by atoms with van der Waals surface area (Å²) in [6.07, 6.45) is 0. The third kappa shape index (κ3) is 2.59. The second-order valence-corrected chi connectivity index (χ2v) is 5.69. The first kappa shape index (κ1) is 12.3. The van der Waals surface area contributed by atoms with Gasteiger partial charge in [0.05, 0.1) is 12.0 Å². The Morgan fingerprint density at radius 2 is 1.76 bits per heavy atom. The highest BCUT2D eigenvalue weighted by molar-refractivity contribution is 7.89. The molecule has 1 aromatic rings. The second kappa shape index (κ2) is 5.03. The Labute approximate surface area is 101 Å². The van der Waals surface area contributed by atoms with Crippen LogP contribution in [0.3, 0.4) is 0 Å². The van der Waals surface area contributed by atoms with Crippen LogP contribution in [0, 0.1) is 0 Å². The monoisotopic (exact) mass is 255 g/mol. The highest BCUT2D eigenvalue weighted by atomic mass is 32.2. The van der Waals surface area contributed by atoms with Crippen molar-refractivity contribution in [2.24, 2.45) is 0 Å². The molecule has 5 nitrogen and oxygen atoms in total. The number of nitrogens with zero attached hydrogens (tertiary/aromatic N) is 2. The maximum atomic E-state index is 12.2. The van der Waals surface area contributed by atoms with Gasteiger partial charge in [-0.05, 0) is 24.3 Å². The van der Waals surface area contributed by atoms with Crippen LogP contribution in [0.5, 0.6) is 5.75 Å². The van der Waals surface area contributed by atoms with E-state index in [4.69, 9.17) is 4.74 Å². The molecule has 1 fully saturated rings. The predicted octanol–water partition coefficient (Wildman–Crippen LogP) is 0.304. The number of ether oxygens (including phenoxy) is 1. The third-order valence-electron chi connectivity index (χ3n) is 2.71. The van der Waals surface area contributed by atoms with Gasteiger partial charge in [-0.15, -0.1) is 0 Å². The summed E-state index contributed by atoms with van der Waals surface area (Å²) in [5.41, 5.74) is 0. The highest BCUT2D eigenvalue weighted by Gasteiger charge is 2.25. The van der Waals surface area contributed by atoms with E-state index in [9.17, 15) is 8.42 Å². The maximum absolute atomic E-state index is 12.2. The molecule has 0 N–H and O–H groups in total. The highest BCUT2D eigenvalue weighted by Crippen LogP contribution is 2.19. The topological polar surface area (TPSA) is 60.7 Å².